The summed E-state index contributed by atoms with van der Waals surface area (Å²) in [6, 6.07) is -1.88. The highest BCUT2D eigenvalue weighted by Crippen LogP contribution is 2.05. The largest absolute Gasteiger partial charge is 0.480 e. The number of urea groups is 1. The SMILES string of the molecule is CC(=O)N1CCCN(C(=O)N[C@H](C(=O)O)[C@@H](C)O)CC1. The zero-order valence-corrected chi connectivity index (χ0v) is 11.7. The number of carboxylic acids is 1. The summed E-state index contributed by atoms with van der Waals surface area (Å²) >= 11 is 0. The van der Waals surface area contributed by atoms with Gasteiger partial charge in [-0.1, -0.05) is 0 Å². The van der Waals surface area contributed by atoms with Gasteiger partial charge in [-0.05, 0) is 13.3 Å². The molecule has 0 spiro atoms. The van der Waals surface area contributed by atoms with Crippen LogP contribution >= 0.6 is 0 Å². The van der Waals surface area contributed by atoms with Crippen LogP contribution in [0.4, 0.5) is 4.79 Å². The van der Waals surface area contributed by atoms with Crippen molar-refractivity contribution < 1.29 is 24.6 Å². The lowest BCUT2D eigenvalue weighted by molar-refractivity contribution is -0.141. The summed E-state index contributed by atoms with van der Waals surface area (Å²) in [7, 11) is 0. The summed E-state index contributed by atoms with van der Waals surface area (Å²) in [5, 5.41) is 20.5. The molecule has 0 radical (unpaired) electrons. The number of carbonyl (C=O) groups is 3. The van der Waals surface area contributed by atoms with E-state index in [0.717, 1.165) is 0 Å². The van der Waals surface area contributed by atoms with E-state index in [2.05, 4.69) is 5.32 Å². The summed E-state index contributed by atoms with van der Waals surface area (Å²) < 4.78 is 0. The van der Waals surface area contributed by atoms with Crippen LogP contribution in [0, 0.1) is 0 Å². The topological polar surface area (TPSA) is 110 Å². The van der Waals surface area contributed by atoms with Crippen LogP contribution in [0.3, 0.4) is 0 Å². The molecule has 20 heavy (non-hydrogen) atoms. The Labute approximate surface area is 117 Å². The van der Waals surface area contributed by atoms with E-state index < -0.39 is 24.1 Å². The van der Waals surface area contributed by atoms with Gasteiger partial charge in [0.2, 0.25) is 5.91 Å². The standard InChI is InChI=1S/C12H21N3O5/c1-8(16)10(11(18)19)13-12(20)15-5-3-4-14(6-7-15)9(2)17/h8,10,16H,3-7H2,1-2H3,(H,13,20)(H,18,19)/t8-,10+/m1/s1. The van der Waals surface area contributed by atoms with Gasteiger partial charge >= 0.3 is 12.0 Å². The third kappa shape index (κ3) is 4.37. The lowest BCUT2D eigenvalue weighted by Gasteiger charge is -2.25. The summed E-state index contributed by atoms with van der Waals surface area (Å²) in [5.41, 5.74) is 0. The molecule has 1 saturated heterocycles. The van der Waals surface area contributed by atoms with E-state index in [1.807, 2.05) is 0 Å². The van der Waals surface area contributed by atoms with E-state index >= 15 is 0 Å². The second kappa shape index (κ2) is 7.09. The predicted octanol–water partition coefficient (Wildman–Crippen LogP) is -0.916. The van der Waals surface area contributed by atoms with Gasteiger partial charge in [0.05, 0.1) is 6.10 Å². The molecule has 1 rings (SSSR count). The Balaban J connectivity index is 2.59. The number of hydrogen-bond donors (Lipinski definition) is 3. The van der Waals surface area contributed by atoms with E-state index in [1.165, 1.54) is 18.7 Å². The van der Waals surface area contributed by atoms with Crippen LogP contribution in [0.25, 0.3) is 0 Å². The number of aliphatic hydroxyl groups excluding tert-OH is 1. The van der Waals surface area contributed by atoms with Gasteiger partial charge in [-0.25, -0.2) is 9.59 Å². The van der Waals surface area contributed by atoms with Crippen molar-refractivity contribution >= 4 is 17.9 Å². The molecule has 1 aliphatic heterocycles. The number of nitrogens with zero attached hydrogens (tertiary/aromatic N) is 2. The highest BCUT2D eigenvalue weighted by atomic mass is 16.4. The summed E-state index contributed by atoms with van der Waals surface area (Å²) in [5.74, 6) is -1.33. The summed E-state index contributed by atoms with van der Waals surface area (Å²) in [4.78, 5) is 37.3. The molecule has 1 heterocycles. The van der Waals surface area contributed by atoms with Crippen LogP contribution in [-0.2, 0) is 9.59 Å². The third-order valence-electron chi connectivity index (χ3n) is 3.26. The van der Waals surface area contributed by atoms with Gasteiger partial charge < -0.3 is 25.3 Å². The number of aliphatic hydroxyl groups is 1. The lowest BCUT2D eigenvalue weighted by atomic mass is 10.2. The maximum absolute atomic E-state index is 12.0. The van der Waals surface area contributed by atoms with Gasteiger partial charge in [-0.15, -0.1) is 0 Å². The lowest BCUT2D eigenvalue weighted by Crippen LogP contribution is -2.53. The number of aliphatic carboxylic acids is 1. The van der Waals surface area contributed by atoms with Crippen molar-refractivity contribution in [2.24, 2.45) is 0 Å². The summed E-state index contributed by atoms with van der Waals surface area (Å²) in [6.45, 7) is 4.58. The Morgan fingerprint density at radius 2 is 1.65 bits per heavy atom. The van der Waals surface area contributed by atoms with Gasteiger partial charge in [0.1, 0.15) is 0 Å². The molecule has 0 aromatic heterocycles. The fraction of sp³-hybridized carbons (Fsp3) is 0.750. The van der Waals surface area contributed by atoms with E-state index in [4.69, 9.17) is 5.11 Å². The number of carboxylic acid groups (broad SMARTS) is 1. The molecule has 1 aliphatic rings. The Morgan fingerprint density at radius 1 is 1.10 bits per heavy atom. The molecule has 0 bridgehead atoms. The Bertz CT molecular complexity index is 385. The minimum absolute atomic E-state index is 0.0420. The van der Waals surface area contributed by atoms with Crippen molar-refractivity contribution in [1.29, 1.82) is 0 Å². The van der Waals surface area contributed by atoms with E-state index in [9.17, 15) is 19.5 Å². The van der Waals surface area contributed by atoms with Gasteiger partial charge in [-0.3, -0.25) is 4.79 Å². The fourth-order valence-electron chi connectivity index (χ4n) is 2.05. The van der Waals surface area contributed by atoms with Gasteiger partial charge in [0.25, 0.3) is 0 Å². The molecule has 3 N–H and O–H groups in total. The zero-order chi connectivity index (χ0) is 15.3. The van der Waals surface area contributed by atoms with Crippen LogP contribution < -0.4 is 5.32 Å². The van der Waals surface area contributed by atoms with Crippen LogP contribution in [0.1, 0.15) is 20.3 Å². The first-order chi connectivity index (χ1) is 9.32. The first-order valence-corrected chi connectivity index (χ1v) is 6.54. The van der Waals surface area contributed by atoms with Gasteiger partial charge in [-0.2, -0.15) is 0 Å². The Kier molecular flexibility index (Phi) is 5.75. The predicted molar refractivity (Wildman–Crippen MR) is 70.1 cm³/mol. The van der Waals surface area contributed by atoms with Crippen molar-refractivity contribution in [2.75, 3.05) is 26.2 Å². The van der Waals surface area contributed by atoms with Crippen molar-refractivity contribution in [3.05, 3.63) is 0 Å². The average molecular weight is 287 g/mol. The van der Waals surface area contributed by atoms with E-state index in [-0.39, 0.29) is 5.91 Å². The molecule has 0 unspecified atom stereocenters. The number of nitrogens with one attached hydrogen (secondary N) is 1. The second-order valence-corrected chi connectivity index (χ2v) is 4.85. The highest BCUT2D eigenvalue weighted by molar-refractivity contribution is 5.83. The molecule has 2 atom stereocenters. The molecule has 8 heteroatoms. The molecule has 3 amide bonds. The maximum Gasteiger partial charge on any atom is 0.328 e. The molecule has 8 nitrogen and oxygen atoms in total. The minimum atomic E-state index is -1.34. The number of rotatable bonds is 3. The molecule has 0 saturated carbocycles. The Morgan fingerprint density at radius 3 is 2.15 bits per heavy atom. The molecule has 0 aromatic carbocycles. The normalized spacial score (nSPS) is 18.9. The molecule has 114 valence electrons. The number of hydrogen-bond acceptors (Lipinski definition) is 4. The van der Waals surface area contributed by atoms with Crippen molar-refractivity contribution in [1.82, 2.24) is 15.1 Å². The molecular formula is C12H21N3O5. The smallest absolute Gasteiger partial charge is 0.328 e. The monoisotopic (exact) mass is 287 g/mol. The maximum atomic E-state index is 12.0. The third-order valence-corrected chi connectivity index (χ3v) is 3.26. The van der Waals surface area contributed by atoms with Crippen LogP contribution in [0.15, 0.2) is 0 Å². The van der Waals surface area contributed by atoms with Crippen molar-refractivity contribution in [3.63, 3.8) is 0 Å². The van der Waals surface area contributed by atoms with E-state index in [0.29, 0.717) is 32.6 Å². The van der Waals surface area contributed by atoms with Crippen LogP contribution in [0.5, 0.6) is 0 Å². The molecule has 0 aromatic rings. The zero-order valence-electron chi connectivity index (χ0n) is 11.7. The highest BCUT2D eigenvalue weighted by Gasteiger charge is 2.28. The first-order valence-electron chi connectivity index (χ1n) is 6.54. The first kappa shape index (κ1) is 16.2. The molecular weight excluding hydrogens is 266 g/mol. The minimum Gasteiger partial charge on any atom is -0.480 e. The average Bonchev–Trinajstić information content (AvgIpc) is 2.60. The fourth-order valence-corrected chi connectivity index (χ4v) is 2.05. The summed E-state index contributed by atoms with van der Waals surface area (Å²) in [6.07, 6.45) is -0.545. The van der Waals surface area contributed by atoms with Gasteiger partial charge in [0, 0.05) is 33.1 Å². The van der Waals surface area contributed by atoms with Crippen LogP contribution in [0.2, 0.25) is 0 Å². The Hall–Kier alpha value is -1.83. The van der Waals surface area contributed by atoms with Gasteiger partial charge in [0.15, 0.2) is 6.04 Å². The second-order valence-electron chi connectivity index (χ2n) is 4.85. The molecule has 1 fully saturated rings. The van der Waals surface area contributed by atoms with Crippen LogP contribution in [-0.4, -0.2) is 76.2 Å². The quantitative estimate of drug-likeness (QED) is 0.622. The number of carbonyl (C=O) groups excluding carboxylic acids is 2. The van der Waals surface area contributed by atoms with Crippen molar-refractivity contribution in [3.8, 4) is 0 Å². The number of amides is 3. The molecule has 0 aliphatic carbocycles. The van der Waals surface area contributed by atoms with Crippen molar-refractivity contribution in [2.45, 2.75) is 32.4 Å². The van der Waals surface area contributed by atoms with E-state index in [1.54, 1.807) is 4.90 Å².